The molecular weight excluding hydrogens is 369 g/mol. The van der Waals surface area contributed by atoms with Crippen molar-refractivity contribution in [3.8, 4) is 11.1 Å². The summed E-state index contributed by atoms with van der Waals surface area (Å²) in [6.45, 7) is 0. The number of fused-ring (bicyclic) bond motifs is 1. The summed E-state index contributed by atoms with van der Waals surface area (Å²) in [6, 6.07) is 6.14. The van der Waals surface area contributed by atoms with Crippen molar-refractivity contribution in [1.82, 2.24) is 0 Å². The second-order valence-corrected chi connectivity index (χ2v) is 6.31. The van der Waals surface area contributed by atoms with Crippen LogP contribution in [0.1, 0.15) is 11.1 Å². The Balaban J connectivity index is 2.12. The largest absolute Gasteiger partial charge is 0.416 e. The number of amides is 2. The van der Waals surface area contributed by atoms with Crippen LogP contribution in [0.3, 0.4) is 0 Å². The molecule has 1 aliphatic rings. The number of nitrogens with two attached hydrogens (primary N) is 2. The predicted molar refractivity (Wildman–Crippen MR) is 93.4 cm³/mol. The van der Waals surface area contributed by atoms with Crippen molar-refractivity contribution < 1.29 is 18.0 Å². The number of nitrogens with one attached hydrogen (secondary N) is 1. The van der Waals surface area contributed by atoms with Gasteiger partial charge in [-0.15, -0.1) is 0 Å². The number of benzene rings is 2. The van der Waals surface area contributed by atoms with E-state index in [1.54, 1.807) is 6.07 Å². The third kappa shape index (κ3) is 3.13. The molecule has 26 heavy (non-hydrogen) atoms. The summed E-state index contributed by atoms with van der Waals surface area (Å²) >= 11 is 6.08. The van der Waals surface area contributed by atoms with Crippen molar-refractivity contribution in [1.29, 1.82) is 5.41 Å². The number of anilines is 1. The maximum absolute atomic E-state index is 13.0. The highest BCUT2D eigenvalue weighted by Gasteiger charge is 2.32. The van der Waals surface area contributed by atoms with E-state index >= 15 is 0 Å². The number of hydrogen-bond acceptors (Lipinski definition) is 3. The van der Waals surface area contributed by atoms with Gasteiger partial charge in [0.05, 0.1) is 17.3 Å². The van der Waals surface area contributed by atoms with Gasteiger partial charge in [-0.25, -0.2) is 9.69 Å². The highest BCUT2D eigenvalue weighted by molar-refractivity contribution is 6.33. The maximum atomic E-state index is 13.0. The molecule has 3 rings (SSSR count). The summed E-state index contributed by atoms with van der Waals surface area (Å²) in [6.07, 6.45) is -4.24. The maximum Gasteiger partial charge on any atom is 0.416 e. The minimum Gasteiger partial charge on any atom is -0.351 e. The van der Waals surface area contributed by atoms with Gasteiger partial charge in [0.1, 0.15) is 5.84 Å². The molecule has 1 heterocycles. The number of rotatable bonds is 1. The van der Waals surface area contributed by atoms with Crippen LogP contribution in [-0.2, 0) is 12.6 Å². The molecule has 0 radical (unpaired) electrons. The summed E-state index contributed by atoms with van der Waals surface area (Å²) < 4.78 is 38.9. The van der Waals surface area contributed by atoms with E-state index in [1.165, 1.54) is 18.2 Å². The van der Waals surface area contributed by atoms with Gasteiger partial charge in [-0.05, 0) is 47.9 Å². The lowest BCUT2D eigenvalue weighted by Gasteiger charge is -2.32. The smallest absolute Gasteiger partial charge is 0.351 e. The summed E-state index contributed by atoms with van der Waals surface area (Å²) in [7, 11) is 0. The van der Waals surface area contributed by atoms with Crippen molar-refractivity contribution in [2.75, 3.05) is 4.90 Å². The monoisotopic (exact) mass is 382 g/mol. The molecule has 1 aliphatic heterocycles. The van der Waals surface area contributed by atoms with Gasteiger partial charge in [0.2, 0.25) is 0 Å². The van der Waals surface area contributed by atoms with Crippen LogP contribution < -0.4 is 16.4 Å². The Morgan fingerprint density at radius 2 is 1.92 bits per heavy atom. The van der Waals surface area contributed by atoms with E-state index in [0.717, 1.165) is 17.0 Å². The van der Waals surface area contributed by atoms with Gasteiger partial charge < -0.3 is 11.5 Å². The van der Waals surface area contributed by atoms with E-state index in [-0.39, 0.29) is 22.8 Å². The number of carbonyl (C=O) groups excluding carboxylic acids is 1. The van der Waals surface area contributed by atoms with Crippen LogP contribution in [0.15, 0.2) is 36.4 Å². The fourth-order valence-electron chi connectivity index (χ4n) is 2.92. The first kappa shape index (κ1) is 18.2. The molecule has 0 aliphatic carbocycles. The lowest BCUT2D eigenvalue weighted by atomic mass is 9.93. The van der Waals surface area contributed by atoms with Gasteiger partial charge in [0.15, 0.2) is 0 Å². The van der Waals surface area contributed by atoms with E-state index in [0.29, 0.717) is 16.8 Å². The van der Waals surface area contributed by atoms with Crippen molar-refractivity contribution in [2.45, 2.75) is 18.6 Å². The number of hydrogen-bond donors (Lipinski definition) is 3. The van der Waals surface area contributed by atoms with Crippen LogP contribution in [0.2, 0.25) is 5.02 Å². The topological polar surface area (TPSA) is 96.2 Å². The first-order valence-corrected chi connectivity index (χ1v) is 7.91. The van der Waals surface area contributed by atoms with E-state index in [9.17, 15) is 18.0 Å². The van der Waals surface area contributed by atoms with E-state index in [1.807, 2.05) is 0 Å². The summed E-state index contributed by atoms with van der Waals surface area (Å²) in [5.41, 5.74) is 12.0. The molecule has 0 aromatic heterocycles. The highest BCUT2D eigenvalue weighted by atomic mass is 35.5. The number of urea groups is 1. The Kier molecular flexibility index (Phi) is 4.41. The number of alkyl halides is 3. The molecule has 2 aromatic rings. The first-order valence-electron chi connectivity index (χ1n) is 7.53. The van der Waals surface area contributed by atoms with Gasteiger partial charge in [-0.2, -0.15) is 13.2 Å². The minimum atomic E-state index is -4.49. The average Bonchev–Trinajstić information content (AvgIpc) is 2.54. The fraction of sp³-hybridized carbons (Fsp3) is 0.176. The third-order valence-electron chi connectivity index (χ3n) is 4.18. The van der Waals surface area contributed by atoms with Crippen LogP contribution in [0.5, 0.6) is 0 Å². The molecule has 2 aromatic carbocycles. The van der Waals surface area contributed by atoms with Crippen molar-refractivity contribution in [3.63, 3.8) is 0 Å². The molecule has 0 saturated carbocycles. The second kappa shape index (κ2) is 6.30. The molecule has 0 bridgehead atoms. The third-order valence-corrected chi connectivity index (χ3v) is 4.51. The lowest BCUT2D eigenvalue weighted by molar-refractivity contribution is -0.137. The first-order chi connectivity index (χ1) is 12.1. The molecule has 5 N–H and O–H groups in total. The molecular formula is C17H14ClF3N4O. The SMILES string of the molecule is N=C1C(N)Cc2cc(-c3cc(C(F)(F)F)ccc3Cl)ccc2N1C(N)=O. The van der Waals surface area contributed by atoms with E-state index in [4.69, 9.17) is 28.5 Å². The molecule has 0 saturated heterocycles. The molecule has 1 unspecified atom stereocenters. The van der Waals surface area contributed by atoms with E-state index < -0.39 is 23.8 Å². The number of nitrogens with zero attached hydrogens (tertiary/aromatic N) is 1. The van der Waals surface area contributed by atoms with E-state index in [2.05, 4.69) is 0 Å². The lowest BCUT2D eigenvalue weighted by Crippen LogP contribution is -2.52. The van der Waals surface area contributed by atoms with Crippen molar-refractivity contribution in [3.05, 3.63) is 52.5 Å². The summed E-state index contributed by atoms with van der Waals surface area (Å²) in [5, 5.41) is 8.08. The highest BCUT2D eigenvalue weighted by Crippen LogP contribution is 2.38. The van der Waals surface area contributed by atoms with Gasteiger partial charge in [-0.3, -0.25) is 5.41 Å². The number of amidine groups is 1. The minimum absolute atomic E-state index is 0.130. The van der Waals surface area contributed by atoms with Crippen molar-refractivity contribution in [2.24, 2.45) is 11.5 Å². The van der Waals surface area contributed by atoms with Crippen LogP contribution in [0.25, 0.3) is 11.1 Å². The Morgan fingerprint density at radius 1 is 1.23 bits per heavy atom. The van der Waals surface area contributed by atoms with Crippen LogP contribution in [0.4, 0.5) is 23.7 Å². The second-order valence-electron chi connectivity index (χ2n) is 5.91. The van der Waals surface area contributed by atoms with Crippen LogP contribution in [-0.4, -0.2) is 17.9 Å². The number of halogens is 4. The van der Waals surface area contributed by atoms with Gasteiger partial charge in [0, 0.05) is 10.6 Å². The Morgan fingerprint density at radius 3 is 2.54 bits per heavy atom. The molecule has 9 heteroatoms. The van der Waals surface area contributed by atoms with Gasteiger partial charge in [0.25, 0.3) is 0 Å². The molecule has 2 amide bonds. The molecule has 1 atom stereocenters. The zero-order valence-electron chi connectivity index (χ0n) is 13.3. The normalized spacial score (nSPS) is 17.2. The number of primary amides is 1. The van der Waals surface area contributed by atoms with Crippen molar-refractivity contribution >= 4 is 29.2 Å². The summed E-state index contributed by atoms with van der Waals surface area (Å²) in [5.74, 6) is -0.130. The van der Waals surface area contributed by atoms with Gasteiger partial charge in [-0.1, -0.05) is 17.7 Å². The molecule has 0 fully saturated rings. The average molecular weight is 383 g/mol. The fourth-order valence-corrected chi connectivity index (χ4v) is 3.15. The van der Waals surface area contributed by atoms with Gasteiger partial charge >= 0.3 is 12.2 Å². The zero-order valence-corrected chi connectivity index (χ0v) is 14.0. The Labute approximate surface area is 151 Å². The molecule has 5 nitrogen and oxygen atoms in total. The predicted octanol–water partition coefficient (Wildman–Crippen LogP) is 3.77. The summed E-state index contributed by atoms with van der Waals surface area (Å²) in [4.78, 5) is 12.6. The quantitative estimate of drug-likeness (QED) is 0.699. The Hall–Kier alpha value is -2.58. The zero-order chi connectivity index (χ0) is 19.2. The van der Waals surface area contributed by atoms with Crippen LogP contribution >= 0.6 is 11.6 Å². The standard InChI is InChI=1S/C17H14ClF3N4O/c18-12-3-2-10(17(19,20)21)7-11(12)8-1-4-14-9(5-8)6-13(22)15(23)25(14)16(24)26/h1-5,7,13,23H,6,22H2,(H2,24,26). The number of carbonyl (C=O) groups is 1. The van der Waals surface area contributed by atoms with Crippen LogP contribution in [0, 0.1) is 5.41 Å². The molecule has 136 valence electrons. The Bertz CT molecular complexity index is 913. The molecule has 0 spiro atoms.